The molecule has 1 amide bonds. The standard InChI is InChI=1S/C14H15N3OS/c1-15-13-9-16-8-7-12(13)14(18)17-10-3-5-11(19-2)6-4-10/h3-9,15H,1-2H3,(H,17,18). The molecular formula is C14H15N3OS. The topological polar surface area (TPSA) is 54.0 Å². The number of nitrogens with zero attached hydrogens (tertiary/aromatic N) is 1. The molecule has 0 aliphatic carbocycles. The summed E-state index contributed by atoms with van der Waals surface area (Å²) in [4.78, 5) is 17.3. The second-order valence-electron chi connectivity index (χ2n) is 3.85. The minimum Gasteiger partial charge on any atom is -0.386 e. The van der Waals surface area contributed by atoms with Crippen LogP contribution in [0.15, 0.2) is 47.6 Å². The lowest BCUT2D eigenvalue weighted by Crippen LogP contribution is -2.14. The summed E-state index contributed by atoms with van der Waals surface area (Å²) in [5, 5.41) is 5.82. The van der Waals surface area contributed by atoms with Gasteiger partial charge in [-0.2, -0.15) is 0 Å². The van der Waals surface area contributed by atoms with Crippen LogP contribution >= 0.6 is 11.8 Å². The first-order chi connectivity index (χ1) is 9.24. The Morgan fingerprint density at radius 2 is 1.95 bits per heavy atom. The monoisotopic (exact) mass is 273 g/mol. The Balaban J connectivity index is 2.16. The summed E-state index contributed by atoms with van der Waals surface area (Å²) in [6.45, 7) is 0. The first-order valence-corrected chi connectivity index (χ1v) is 7.04. The van der Waals surface area contributed by atoms with Crippen LogP contribution in [-0.2, 0) is 0 Å². The molecule has 19 heavy (non-hydrogen) atoms. The van der Waals surface area contributed by atoms with Crippen LogP contribution in [0.25, 0.3) is 0 Å². The molecule has 98 valence electrons. The molecule has 1 aromatic heterocycles. The Hall–Kier alpha value is -2.01. The van der Waals surface area contributed by atoms with Crippen molar-refractivity contribution in [2.45, 2.75) is 4.90 Å². The Labute approximate surface area is 116 Å². The summed E-state index contributed by atoms with van der Waals surface area (Å²) < 4.78 is 0. The van der Waals surface area contributed by atoms with Crippen LogP contribution < -0.4 is 10.6 Å². The van der Waals surface area contributed by atoms with Gasteiger partial charge in [0.25, 0.3) is 5.91 Å². The third kappa shape index (κ3) is 3.26. The molecule has 4 nitrogen and oxygen atoms in total. The molecule has 0 unspecified atom stereocenters. The summed E-state index contributed by atoms with van der Waals surface area (Å²) in [6.07, 6.45) is 5.25. The van der Waals surface area contributed by atoms with Crippen LogP contribution in [0.1, 0.15) is 10.4 Å². The number of hydrogen-bond donors (Lipinski definition) is 2. The molecule has 0 spiro atoms. The van der Waals surface area contributed by atoms with E-state index in [1.165, 1.54) is 0 Å². The lowest BCUT2D eigenvalue weighted by Gasteiger charge is -2.09. The molecule has 1 heterocycles. The molecule has 5 heteroatoms. The van der Waals surface area contributed by atoms with Gasteiger partial charge in [0.1, 0.15) is 0 Å². The van der Waals surface area contributed by atoms with E-state index in [1.807, 2.05) is 30.5 Å². The number of carbonyl (C=O) groups is 1. The van der Waals surface area contributed by atoms with E-state index in [-0.39, 0.29) is 5.91 Å². The fourth-order valence-corrected chi connectivity index (χ4v) is 2.07. The van der Waals surface area contributed by atoms with Gasteiger partial charge in [-0.15, -0.1) is 11.8 Å². The number of anilines is 2. The van der Waals surface area contributed by atoms with Crippen molar-refractivity contribution in [1.82, 2.24) is 4.98 Å². The number of carbonyl (C=O) groups excluding carboxylic acids is 1. The molecule has 0 radical (unpaired) electrons. The van der Waals surface area contributed by atoms with Crippen molar-refractivity contribution in [3.63, 3.8) is 0 Å². The molecule has 0 fully saturated rings. The van der Waals surface area contributed by atoms with E-state index in [4.69, 9.17) is 0 Å². The smallest absolute Gasteiger partial charge is 0.257 e. The Bertz CT molecular complexity index is 569. The number of thioether (sulfide) groups is 1. The van der Waals surface area contributed by atoms with Crippen LogP contribution in [0.4, 0.5) is 11.4 Å². The second-order valence-corrected chi connectivity index (χ2v) is 4.73. The third-order valence-electron chi connectivity index (χ3n) is 2.68. The van der Waals surface area contributed by atoms with E-state index in [0.29, 0.717) is 11.3 Å². The molecule has 0 bridgehead atoms. The van der Waals surface area contributed by atoms with Gasteiger partial charge >= 0.3 is 0 Å². The number of amides is 1. The summed E-state index contributed by atoms with van der Waals surface area (Å²) in [6, 6.07) is 9.43. The van der Waals surface area contributed by atoms with E-state index in [0.717, 1.165) is 10.6 Å². The van der Waals surface area contributed by atoms with Crippen molar-refractivity contribution < 1.29 is 4.79 Å². The first kappa shape index (κ1) is 13.4. The number of rotatable bonds is 4. The van der Waals surface area contributed by atoms with Gasteiger partial charge in [-0.3, -0.25) is 9.78 Å². The molecule has 2 rings (SSSR count). The van der Waals surface area contributed by atoms with Crippen molar-refractivity contribution >= 4 is 29.0 Å². The van der Waals surface area contributed by atoms with Crippen LogP contribution in [0, 0.1) is 0 Å². The minimum atomic E-state index is -0.149. The predicted octanol–water partition coefficient (Wildman–Crippen LogP) is 3.10. The van der Waals surface area contributed by atoms with Gasteiger partial charge in [-0.1, -0.05) is 0 Å². The zero-order valence-corrected chi connectivity index (χ0v) is 11.6. The van der Waals surface area contributed by atoms with E-state index in [1.54, 1.807) is 37.3 Å². The summed E-state index contributed by atoms with van der Waals surface area (Å²) in [7, 11) is 1.76. The summed E-state index contributed by atoms with van der Waals surface area (Å²) >= 11 is 1.67. The van der Waals surface area contributed by atoms with Crippen molar-refractivity contribution in [1.29, 1.82) is 0 Å². The van der Waals surface area contributed by atoms with Gasteiger partial charge in [0.2, 0.25) is 0 Å². The molecule has 1 aromatic carbocycles. The van der Waals surface area contributed by atoms with Crippen molar-refractivity contribution in [2.75, 3.05) is 23.9 Å². The van der Waals surface area contributed by atoms with Crippen molar-refractivity contribution in [3.8, 4) is 0 Å². The maximum absolute atomic E-state index is 12.2. The normalized spacial score (nSPS) is 10.0. The number of aromatic nitrogens is 1. The first-order valence-electron chi connectivity index (χ1n) is 5.81. The van der Waals surface area contributed by atoms with Gasteiger partial charge in [0.15, 0.2) is 0 Å². The lowest BCUT2D eigenvalue weighted by molar-refractivity contribution is 0.102. The van der Waals surface area contributed by atoms with E-state index < -0.39 is 0 Å². The number of benzene rings is 1. The van der Waals surface area contributed by atoms with Crippen LogP contribution in [0.5, 0.6) is 0 Å². The molecule has 0 aliphatic rings. The predicted molar refractivity (Wildman–Crippen MR) is 80.0 cm³/mol. The quantitative estimate of drug-likeness (QED) is 0.840. The fourth-order valence-electron chi connectivity index (χ4n) is 1.66. The number of hydrogen-bond acceptors (Lipinski definition) is 4. The molecule has 0 saturated heterocycles. The largest absolute Gasteiger partial charge is 0.386 e. The maximum Gasteiger partial charge on any atom is 0.257 e. The highest BCUT2D eigenvalue weighted by atomic mass is 32.2. The van der Waals surface area contributed by atoms with Crippen LogP contribution in [0.3, 0.4) is 0 Å². The summed E-state index contributed by atoms with van der Waals surface area (Å²) in [5.41, 5.74) is 2.06. The zero-order chi connectivity index (χ0) is 13.7. The molecule has 2 aromatic rings. The van der Waals surface area contributed by atoms with E-state index in [2.05, 4.69) is 15.6 Å². The number of nitrogens with one attached hydrogen (secondary N) is 2. The minimum absolute atomic E-state index is 0.149. The number of pyridine rings is 1. The maximum atomic E-state index is 12.2. The van der Waals surface area contributed by atoms with Crippen LogP contribution in [-0.4, -0.2) is 24.2 Å². The van der Waals surface area contributed by atoms with E-state index in [9.17, 15) is 4.79 Å². The highest BCUT2D eigenvalue weighted by molar-refractivity contribution is 7.98. The highest BCUT2D eigenvalue weighted by Gasteiger charge is 2.10. The van der Waals surface area contributed by atoms with Gasteiger partial charge in [-0.05, 0) is 36.6 Å². The van der Waals surface area contributed by atoms with Gasteiger partial charge in [0.05, 0.1) is 17.4 Å². The van der Waals surface area contributed by atoms with Crippen LogP contribution in [0.2, 0.25) is 0 Å². The fraction of sp³-hybridized carbons (Fsp3) is 0.143. The third-order valence-corrected chi connectivity index (χ3v) is 3.43. The molecular weight excluding hydrogens is 258 g/mol. The Kier molecular flexibility index (Phi) is 4.41. The SMILES string of the molecule is CNc1cnccc1C(=O)Nc1ccc(SC)cc1. The average Bonchev–Trinajstić information content (AvgIpc) is 2.48. The highest BCUT2D eigenvalue weighted by Crippen LogP contribution is 2.19. The molecule has 2 N–H and O–H groups in total. The zero-order valence-electron chi connectivity index (χ0n) is 10.8. The van der Waals surface area contributed by atoms with Crippen molar-refractivity contribution in [2.24, 2.45) is 0 Å². The van der Waals surface area contributed by atoms with Crippen molar-refractivity contribution in [3.05, 3.63) is 48.3 Å². The summed E-state index contributed by atoms with van der Waals surface area (Å²) in [5.74, 6) is -0.149. The van der Waals surface area contributed by atoms with Gasteiger partial charge in [-0.25, -0.2) is 0 Å². The van der Waals surface area contributed by atoms with E-state index >= 15 is 0 Å². The molecule has 0 aliphatic heterocycles. The average molecular weight is 273 g/mol. The van der Waals surface area contributed by atoms with Gasteiger partial charge < -0.3 is 10.6 Å². The van der Waals surface area contributed by atoms with Gasteiger partial charge in [0, 0.05) is 23.8 Å². The molecule has 0 saturated carbocycles. The molecule has 0 atom stereocenters. The Morgan fingerprint density at radius 3 is 2.58 bits per heavy atom. The Morgan fingerprint density at radius 1 is 1.21 bits per heavy atom. The second kappa shape index (κ2) is 6.24. The lowest BCUT2D eigenvalue weighted by atomic mass is 10.2.